The van der Waals surface area contributed by atoms with Crippen molar-refractivity contribution in [2.24, 2.45) is 0 Å². The highest BCUT2D eigenvalue weighted by Gasteiger charge is 2.18. The summed E-state index contributed by atoms with van der Waals surface area (Å²) in [7, 11) is 1.95. The van der Waals surface area contributed by atoms with Crippen LogP contribution >= 0.6 is 15.9 Å². The summed E-state index contributed by atoms with van der Waals surface area (Å²) in [5.74, 6) is 0.153. The minimum Gasteiger partial charge on any atom is -0.258 e. The van der Waals surface area contributed by atoms with Crippen LogP contribution < -0.4 is 5.43 Å². The molecular formula is C12H17BrFN3. The summed E-state index contributed by atoms with van der Waals surface area (Å²) in [5.41, 5.74) is 4.19. The molecule has 0 spiro atoms. The van der Waals surface area contributed by atoms with Crippen LogP contribution in [0.1, 0.15) is 30.7 Å². The monoisotopic (exact) mass is 301 g/mol. The first-order valence-electron chi connectivity index (χ1n) is 5.94. The number of pyridine rings is 1. The summed E-state index contributed by atoms with van der Waals surface area (Å²) in [6, 6.07) is 1.61. The Balaban J connectivity index is 2.08. The minimum atomic E-state index is -0.266. The Bertz CT molecular complexity index is 386. The van der Waals surface area contributed by atoms with Crippen LogP contribution in [-0.4, -0.2) is 30.1 Å². The summed E-state index contributed by atoms with van der Waals surface area (Å²) in [5, 5.41) is 2.21. The van der Waals surface area contributed by atoms with Gasteiger partial charge in [-0.3, -0.25) is 5.43 Å². The normalized spacial score (nSPS) is 22.4. The van der Waals surface area contributed by atoms with E-state index in [-0.39, 0.29) is 5.82 Å². The third kappa shape index (κ3) is 3.24. The molecule has 1 aliphatic rings. The first-order chi connectivity index (χ1) is 8.20. The van der Waals surface area contributed by atoms with Crippen molar-refractivity contribution in [3.05, 3.63) is 28.2 Å². The molecule has 2 rings (SSSR count). The second-order valence-corrected chi connectivity index (χ2v) is 5.13. The summed E-state index contributed by atoms with van der Waals surface area (Å²) >= 11 is 3.09. The lowest BCUT2D eigenvalue weighted by atomic mass is 9.93. The maximum atomic E-state index is 13.4. The summed E-state index contributed by atoms with van der Waals surface area (Å²) in [6.07, 6.45) is 5.06. The van der Waals surface area contributed by atoms with Crippen LogP contribution in [-0.2, 0) is 0 Å². The molecule has 94 valence electrons. The zero-order valence-corrected chi connectivity index (χ0v) is 11.5. The zero-order valence-electron chi connectivity index (χ0n) is 9.92. The standard InChI is InChI=1S/C12H17BrFN3/c1-15-17-5-2-3-9(4-6-17)10-7-11(14)12(13)16-8-10/h7-9,15H,2-6H2,1H3/t9-/m1/s1. The van der Waals surface area contributed by atoms with Crippen molar-refractivity contribution in [3.63, 3.8) is 0 Å². The van der Waals surface area contributed by atoms with E-state index in [0.29, 0.717) is 10.5 Å². The highest BCUT2D eigenvalue weighted by molar-refractivity contribution is 9.10. The van der Waals surface area contributed by atoms with Crippen LogP contribution in [0.2, 0.25) is 0 Å². The number of nitrogens with zero attached hydrogens (tertiary/aromatic N) is 2. The van der Waals surface area contributed by atoms with E-state index in [1.165, 1.54) is 0 Å². The van der Waals surface area contributed by atoms with Crippen LogP contribution in [0.4, 0.5) is 4.39 Å². The van der Waals surface area contributed by atoms with Gasteiger partial charge in [0.2, 0.25) is 0 Å². The molecule has 0 radical (unpaired) electrons. The Kier molecular flexibility index (Phi) is 4.48. The summed E-state index contributed by atoms with van der Waals surface area (Å²) in [6.45, 7) is 2.05. The number of hydrogen-bond donors (Lipinski definition) is 1. The number of hydrazine groups is 1. The van der Waals surface area contributed by atoms with Gasteiger partial charge >= 0.3 is 0 Å². The van der Waals surface area contributed by atoms with E-state index in [4.69, 9.17) is 0 Å². The molecule has 0 saturated carbocycles. The smallest absolute Gasteiger partial charge is 0.156 e. The second-order valence-electron chi connectivity index (χ2n) is 4.38. The van der Waals surface area contributed by atoms with Gasteiger partial charge in [0.25, 0.3) is 0 Å². The molecule has 0 amide bonds. The lowest BCUT2D eigenvalue weighted by Crippen LogP contribution is -2.35. The molecule has 0 bridgehead atoms. The van der Waals surface area contributed by atoms with Gasteiger partial charge in [-0.05, 0) is 59.8 Å². The molecule has 5 heteroatoms. The Morgan fingerprint density at radius 2 is 2.29 bits per heavy atom. The molecule has 2 heterocycles. The molecule has 1 saturated heterocycles. The number of nitrogens with one attached hydrogen (secondary N) is 1. The van der Waals surface area contributed by atoms with E-state index in [0.717, 1.165) is 37.9 Å². The Labute approximate surface area is 110 Å². The molecule has 1 atom stereocenters. The molecule has 0 unspecified atom stereocenters. The molecular weight excluding hydrogens is 285 g/mol. The SMILES string of the molecule is CNN1CCC[C@@H](c2cnc(Br)c(F)c2)CC1. The van der Waals surface area contributed by atoms with Crippen LogP contribution in [0.3, 0.4) is 0 Å². The highest BCUT2D eigenvalue weighted by atomic mass is 79.9. The quantitative estimate of drug-likeness (QED) is 0.851. The molecule has 17 heavy (non-hydrogen) atoms. The van der Waals surface area contributed by atoms with Crippen LogP contribution in [0.5, 0.6) is 0 Å². The van der Waals surface area contributed by atoms with E-state index in [2.05, 4.69) is 31.3 Å². The number of hydrogen-bond acceptors (Lipinski definition) is 3. The highest BCUT2D eigenvalue weighted by Crippen LogP contribution is 2.28. The van der Waals surface area contributed by atoms with Crippen molar-refractivity contribution in [1.29, 1.82) is 0 Å². The number of halogens is 2. The third-order valence-corrected chi connectivity index (χ3v) is 3.92. The van der Waals surface area contributed by atoms with Gasteiger partial charge in [0.15, 0.2) is 5.82 Å². The fourth-order valence-corrected chi connectivity index (χ4v) is 2.53. The maximum absolute atomic E-state index is 13.4. The van der Waals surface area contributed by atoms with E-state index >= 15 is 0 Å². The molecule has 1 aromatic heterocycles. The lowest BCUT2D eigenvalue weighted by Gasteiger charge is -2.18. The van der Waals surface area contributed by atoms with Crippen LogP contribution in [0.25, 0.3) is 0 Å². The van der Waals surface area contributed by atoms with E-state index < -0.39 is 0 Å². The van der Waals surface area contributed by atoms with Crippen molar-refractivity contribution < 1.29 is 4.39 Å². The predicted octanol–water partition coefficient (Wildman–Crippen LogP) is 2.69. The van der Waals surface area contributed by atoms with E-state index in [9.17, 15) is 4.39 Å². The van der Waals surface area contributed by atoms with Gasteiger partial charge in [-0.1, -0.05) is 0 Å². The average molecular weight is 302 g/mol. The number of rotatable bonds is 2. The van der Waals surface area contributed by atoms with Crippen LogP contribution in [0.15, 0.2) is 16.9 Å². The second kappa shape index (κ2) is 5.89. The van der Waals surface area contributed by atoms with Crippen molar-refractivity contribution >= 4 is 15.9 Å². The average Bonchev–Trinajstić information content (AvgIpc) is 2.58. The van der Waals surface area contributed by atoms with Gasteiger partial charge in [0.05, 0.1) is 0 Å². The van der Waals surface area contributed by atoms with Crippen molar-refractivity contribution in [2.45, 2.75) is 25.2 Å². The molecule has 1 N–H and O–H groups in total. The fraction of sp³-hybridized carbons (Fsp3) is 0.583. The summed E-state index contributed by atoms with van der Waals surface area (Å²) < 4.78 is 13.7. The van der Waals surface area contributed by atoms with E-state index in [1.807, 2.05) is 7.05 Å². The molecule has 0 aromatic carbocycles. The Morgan fingerprint density at radius 1 is 1.47 bits per heavy atom. The van der Waals surface area contributed by atoms with Gasteiger partial charge < -0.3 is 0 Å². The topological polar surface area (TPSA) is 28.2 Å². The first kappa shape index (κ1) is 12.9. The molecule has 1 aliphatic heterocycles. The third-order valence-electron chi connectivity index (χ3n) is 3.33. The van der Waals surface area contributed by atoms with Crippen LogP contribution in [0, 0.1) is 5.82 Å². The Hall–Kier alpha value is -0.520. The molecule has 1 fully saturated rings. The maximum Gasteiger partial charge on any atom is 0.156 e. The zero-order chi connectivity index (χ0) is 12.3. The largest absolute Gasteiger partial charge is 0.258 e. The van der Waals surface area contributed by atoms with Gasteiger partial charge in [-0.15, -0.1) is 0 Å². The fourth-order valence-electron chi connectivity index (χ4n) is 2.31. The van der Waals surface area contributed by atoms with Gasteiger partial charge in [0, 0.05) is 19.3 Å². The predicted molar refractivity (Wildman–Crippen MR) is 69.1 cm³/mol. The molecule has 0 aliphatic carbocycles. The Morgan fingerprint density at radius 3 is 3.00 bits per heavy atom. The molecule has 3 nitrogen and oxygen atoms in total. The minimum absolute atomic E-state index is 0.266. The van der Waals surface area contributed by atoms with E-state index in [1.54, 1.807) is 12.3 Å². The first-order valence-corrected chi connectivity index (χ1v) is 6.73. The van der Waals surface area contributed by atoms with Gasteiger partial charge in [-0.2, -0.15) is 0 Å². The van der Waals surface area contributed by atoms with Gasteiger partial charge in [-0.25, -0.2) is 14.4 Å². The van der Waals surface area contributed by atoms with Crippen molar-refractivity contribution in [2.75, 3.05) is 20.1 Å². The lowest BCUT2D eigenvalue weighted by molar-refractivity contribution is 0.216. The van der Waals surface area contributed by atoms with Crippen molar-refractivity contribution in [3.8, 4) is 0 Å². The summed E-state index contributed by atoms with van der Waals surface area (Å²) in [4.78, 5) is 4.04. The molecule has 1 aromatic rings. The van der Waals surface area contributed by atoms with Gasteiger partial charge in [0.1, 0.15) is 4.60 Å². The number of aromatic nitrogens is 1. The van der Waals surface area contributed by atoms with Crippen molar-refractivity contribution in [1.82, 2.24) is 15.4 Å².